The molecule has 12 nitrogen and oxygen atoms in total. The molecule has 0 saturated carbocycles. The fourth-order valence-electron chi connectivity index (χ4n) is 3.43. The Morgan fingerprint density at radius 1 is 0.897 bits per heavy atom. The summed E-state index contributed by atoms with van der Waals surface area (Å²) in [6.45, 7) is 3.11. The van der Waals surface area contributed by atoms with E-state index in [-0.39, 0.29) is 63.4 Å². The number of rotatable bonds is 22. The van der Waals surface area contributed by atoms with Gasteiger partial charge in [-0.1, -0.05) is 6.92 Å². The van der Waals surface area contributed by atoms with Crippen LogP contribution in [0.4, 0.5) is 0 Å². The van der Waals surface area contributed by atoms with Crippen LogP contribution < -0.4 is 26.4 Å². The highest BCUT2D eigenvalue weighted by molar-refractivity contribution is 5.94. The van der Waals surface area contributed by atoms with Gasteiger partial charge in [0.1, 0.15) is 12.0 Å². The lowest BCUT2D eigenvalue weighted by Gasteiger charge is -2.33. The lowest BCUT2D eigenvalue weighted by molar-refractivity contribution is -0.127. The van der Waals surface area contributed by atoms with Gasteiger partial charge in [0.05, 0.1) is 39.1 Å². The summed E-state index contributed by atoms with van der Waals surface area (Å²) in [5.74, 6) is -0.460. The molecule has 0 fully saturated rings. The van der Waals surface area contributed by atoms with Crippen LogP contribution >= 0.6 is 0 Å². The zero-order valence-electron chi connectivity index (χ0n) is 22.9. The van der Waals surface area contributed by atoms with Gasteiger partial charge in [0.15, 0.2) is 0 Å². The van der Waals surface area contributed by atoms with Crippen molar-refractivity contribution < 1.29 is 38.2 Å². The molecule has 4 amide bonds. The number of unbranched alkanes of at least 4 members (excludes halogenated alkanes) is 1. The third kappa shape index (κ3) is 14.9. The minimum atomic E-state index is -0.853. The Balaban J connectivity index is 2.37. The van der Waals surface area contributed by atoms with E-state index in [2.05, 4.69) is 16.0 Å². The summed E-state index contributed by atoms with van der Waals surface area (Å²) in [7, 11) is 1.56. The van der Waals surface area contributed by atoms with E-state index >= 15 is 0 Å². The van der Waals surface area contributed by atoms with Gasteiger partial charge in [-0.3, -0.25) is 19.2 Å². The molecule has 0 spiro atoms. The quantitative estimate of drug-likeness (QED) is 0.121. The summed E-state index contributed by atoms with van der Waals surface area (Å²) in [5.41, 5.74) is 4.82. The third-order valence-electron chi connectivity index (χ3n) is 5.84. The molecular formula is C27H42N4O8. The molecule has 0 aromatic heterocycles. The number of aldehydes is 1. The first-order valence-electron chi connectivity index (χ1n) is 13.1. The van der Waals surface area contributed by atoms with Gasteiger partial charge in [-0.15, -0.1) is 0 Å². The predicted molar refractivity (Wildman–Crippen MR) is 144 cm³/mol. The fourth-order valence-corrected chi connectivity index (χ4v) is 3.43. The van der Waals surface area contributed by atoms with Crippen molar-refractivity contribution in [3.8, 4) is 5.75 Å². The number of nitrogens with one attached hydrogen (secondary N) is 3. The first kappa shape index (κ1) is 33.5. The van der Waals surface area contributed by atoms with Crippen molar-refractivity contribution in [2.45, 2.75) is 57.4 Å². The molecule has 1 rings (SSSR count). The van der Waals surface area contributed by atoms with Gasteiger partial charge in [0, 0.05) is 44.3 Å². The molecule has 0 bridgehead atoms. The molecule has 1 unspecified atom stereocenters. The Morgan fingerprint density at radius 2 is 1.54 bits per heavy atom. The maximum absolute atomic E-state index is 12.4. The van der Waals surface area contributed by atoms with Crippen LogP contribution in [0.3, 0.4) is 0 Å². The molecule has 39 heavy (non-hydrogen) atoms. The molecule has 5 N–H and O–H groups in total. The molecule has 0 aliphatic heterocycles. The first-order chi connectivity index (χ1) is 18.7. The maximum Gasteiger partial charge on any atom is 0.251 e. The number of carbonyl (C=O) groups is 5. The normalized spacial score (nSPS) is 12.2. The number of carbonyl (C=O) groups excluding carboxylic acids is 5. The highest BCUT2D eigenvalue weighted by Crippen LogP contribution is 2.14. The Hall–Kier alpha value is -3.51. The molecular weight excluding hydrogens is 508 g/mol. The van der Waals surface area contributed by atoms with E-state index in [0.29, 0.717) is 50.1 Å². The highest BCUT2D eigenvalue weighted by atomic mass is 16.5. The van der Waals surface area contributed by atoms with E-state index in [9.17, 15) is 24.0 Å². The second-order valence-corrected chi connectivity index (χ2v) is 9.00. The molecule has 12 heteroatoms. The number of methoxy groups -OCH3 is 1. The van der Waals surface area contributed by atoms with E-state index in [0.717, 1.165) is 6.29 Å². The van der Waals surface area contributed by atoms with Gasteiger partial charge in [0.25, 0.3) is 5.91 Å². The SMILES string of the molecule is CCC(COCCC(N)=O)(COCCC(=O)NCCCNC(=O)c1ccc(OC)cc1)NC(=O)CCCC=O. The summed E-state index contributed by atoms with van der Waals surface area (Å²) < 4.78 is 16.4. The average Bonchev–Trinajstić information content (AvgIpc) is 2.93. The molecule has 1 atom stereocenters. The fraction of sp³-hybridized carbons (Fsp3) is 0.593. The van der Waals surface area contributed by atoms with Crippen LogP contribution in [0.2, 0.25) is 0 Å². The van der Waals surface area contributed by atoms with Crippen LogP contribution in [-0.4, -0.2) is 82.1 Å². The molecule has 0 heterocycles. The number of amides is 4. The van der Waals surface area contributed by atoms with Gasteiger partial charge in [-0.05, 0) is 43.5 Å². The summed E-state index contributed by atoms with van der Waals surface area (Å²) in [5, 5.41) is 8.51. The second-order valence-electron chi connectivity index (χ2n) is 9.00. The predicted octanol–water partition coefficient (Wildman–Crippen LogP) is 0.864. The van der Waals surface area contributed by atoms with Crippen LogP contribution in [-0.2, 0) is 28.7 Å². The van der Waals surface area contributed by atoms with Crippen molar-refractivity contribution in [1.82, 2.24) is 16.0 Å². The van der Waals surface area contributed by atoms with Crippen molar-refractivity contribution in [3.05, 3.63) is 29.8 Å². The molecule has 0 radical (unpaired) electrons. The minimum Gasteiger partial charge on any atom is -0.497 e. The van der Waals surface area contributed by atoms with Gasteiger partial charge in [-0.2, -0.15) is 0 Å². The standard InChI is InChI=1S/C27H42N4O8/c1-3-27(19-38-17-12-23(28)33,31-25(35)7-4-5-16-32)20-39-18-13-24(34)29-14-6-15-30-26(36)21-8-10-22(37-2)11-9-21/h8-11,16H,3-7,12-15,17-20H2,1-2H3,(H2,28,33)(H,29,34)(H,30,36)(H,31,35). The van der Waals surface area contributed by atoms with E-state index in [1.165, 1.54) is 0 Å². The van der Waals surface area contributed by atoms with Crippen LogP contribution in [0.1, 0.15) is 62.2 Å². The third-order valence-corrected chi connectivity index (χ3v) is 5.84. The molecule has 0 aliphatic carbocycles. The number of ether oxygens (including phenoxy) is 3. The van der Waals surface area contributed by atoms with Crippen LogP contribution in [0, 0.1) is 0 Å². The summed E-state index contributed by atoms with van der Waals surface area (Å²) in [6.07, 6.45) is 2.90. The van der Waals surface area contributed by atoms with Crippen molar-refractivity contribution in [2.75, 3.05) is 46.6 Å². The number of hydrogen-bond acceptors (Lipinski definition) is 8. The van der Waals surface area contributed by atoms with Gasteiger partial charge < -0.3 is 40.7 Å². The van der Waals surface area contributed by atoms with Gasteiger partial charge in [0.2, 0.25) is 17.7 Å². The summed E-state index contributed by atoms with van der Waals surface area (Å²) in [4.78, 5) is 58.2. The van der Waals surface area contributed by atoms with Crippen molar-refractivity contribution >= 4 is 29.9 Å². The molecule has 0 aliphatic rings. The smallest absolute Gasteiger partial charge is 0.251 e. The Bertz CT molecular complexity index is 910. The van der Waals surface area contributed by atoms with Crippen LogP contribution in [0.5, 0.6) is 5.75 Å². The Kier molecular flexibility index (Phi) is 16.8. The first-order valence-corrected chi connectivity index (χ1v) is 13.1. The Morgan fingerprint density at radius 3 is 2.13 bits per heavy atom. The van der Waals surface area contributed by atoms with Crippen molar-refractivity contribution in [3.63, 3.8) is 0 Å². The molecule has 218 valence electrons. The number of nitrogens with two attached hydrogens (primary N) is 1. The number of benzene rings is 1. The molecule has 0 saturated heterocycles. The topological polar surface area (TPSA) is 175 Å². The maximum atomic E-state index is 12.4. The van der Waals surface area contributed by atoms with Crippen LogP contribution in [0.15, 0.2) is 24.3 Å². The van der Waals surface area contributed by atoms with Crippen LogP contribution in [0.25, 0.3) is 0 Å². The van der Waals surface area contributed by atoms with E-state index in [4.69, 9.17) is 19.9 Å². The zero-order valence-corrected chi connectivity index (χ0v) is 22.9. The number of hydrogen-bond donors (Lipinski definition) is 4. The van der Waals surface area contributed by atoms with Gasteiger partial charge >= 0.3 is 0 Å². The van der Waals surface area contributed by atoms with Gasteiger partial charge in [-0.25, -0.2) is 0 Å². The monoisotopic (exact) mass is 550 g/mol. The van der Waals surface area contributed by atoms with E-state index in [1.807, 2.05) is 6.92 Å². The number of primary amides is 1. The summed E-state index contributed by atoms with van der Waals surface area (Å²) in [6, 6.07) is 6.77. The van der Waals surface area contributed by atoms with Crippen molar-refractivity contribution in [2.24, 2.45) is 5.73 Å². The largest absolute Gasteiger partial charge is 0.497 e. The lowest BCUT2D eigenvalue weighted by Crippen LogP contribution is -2.55. The average molecular weight is 551 g/mol. The van der Waals surface area contributed by atoms with E-state index < -0.39 is 11.4 Å². The summed E-state index contributed by atoms with van der Waals surface area (Å²) >= 11 is 0. The molecule has 1 aromatic carbocycles. The van der Waals surface area contributed by atoms with Crippen molar-refractivity contribution in [1.29, 1.82) is 0 Å². The Labute approximate surface area is 229 Å². The van der Waals surface area contributed by atoms with E-state index in [1.54, 1.807) is 31.4 Å². The minimum absolute atomic E-state index is 0.0548. The highest BCUT2D eigenvalue weighted by Gasteiger charge is 2.31. The molecule has 1 aromatic rings. The second kappa shape index (κ2) is 19.5. The zero-order chi connectivity index (χ0) is 28.9. The lowest BCUT2D eigenvalue weighted by atomic mass is 9.97.